The molecule has 158 valence electrons. The molecule has 0 aliphatic carbocycles. The second-order valence-corrected chi connectivity index (χ2v) is 9.57. The van der Waals surface area contributed by atoms with Gasteiger partial charge in [0.2, 0.25) is 0 Å². The lowest BCUT2D eigenvalue weighted by molar-refractivity contribution is 0.0852. The van der Waals surface area contributed by atoms with E-state index in [4.69, 9.17) is 0 Å². The van der Waals surface area contributed by atoms with Crippen molar-refractivity contribution in [1.82, 2.24) is 4.98 Å². The van der Waals surface area contributed by atoms with Gasteiger partial charge in [0.25, 0.3) is 0 Å². The highest BCUT2D eigenvalue weighted by atomic mass is 16.3. The number of phenolic OH excluding ortho intramolecular Hbond substituents is 1. The highest BCUT2D eigenvalue weighted by molar-refractivity contribution is 6.02. The van der Waals surface area contributed by atoms with Crippen LogP contribution in [0.1, 0.15) is 67.8 Å². The molecule has 0 spiro atoms. The van der Waals surface area contributed by atoms with Crippen LogP contribution in [0.4, 0.5) is 0 Å². The maximum absolute atomic E-state index is 12.1. The molecule has 0 radical (unpaired) electrons. The zero-order valence-electron chi connectivity index (χ0n) is 18.9. The number of fused-ring (bicyclic) bond motifs is 1. The Morgan fingerprint density at radius 3 is 2.03 bits per heavy atom. The number of hydrogen-bond acceptors (Lipinski definition) is 4. The van der Waals surface area contributed by atoms with Crippen LogP contribution in [0.3, 0.4) is 0 Å². The van der Waals surface area contributed by atoms with Gasteiger partial charge >= 0.3 is 0 Å². The Bertz CT molecular complexity index is 1070. The minimum Gasteiger partial charge on any atom is -0.508 e. The molecule has 0 saturated heterocycles. The largest absolute Gasteiger partial charge is 0.508 e. The Hall–Kier alpha value is -3.01. The van der Waals surface area contributed by atoms with E-state index in [0.29, 0.717) is 5.56 Å². The monoisotopic (exact) mass is 405 g/mol. The van der Waals surface area contributed by atoms with E-state index in [-0.39, 0.29) is 28.1 Å². The number of aromatic hydroxyl groups is 1. The Morgan fingerprint density at radius 1 is 0.833 bits per heavy atom. The van der Waals surface area contributed by atoms with Crippen molar-refractivity contribution < 1.29 is 14.7 Å². The number of aryl methyl sites for hydroxylation is 1. The van der Waals surface area contributed by atoms with Gasteiger partial charge in [-0.05, 0) is 42.8 Å². The van der Waals surface area contributed by atoms with E-state index >= 15 is 0 Å². The SMILES string of the molecule is CC(C)(C)C(=O)c1ccc2cccnc2c1.Cc1cc(O)ccc1C(=O)C(C)(C)C. The molecule has 0 fully saturated rings. The van der Waals surface area contributed by atoms with Crippen LogP contribution in [-0.2, 0) is 0 Å². The first-order chi connectivity index (χ1) is 13.8. The van der Waals surface area contributed by atoms with Crippen molar-refractivity contribution in [2.45, 2.75) is 48.5 Å². The lowest BCUT2D eigenvalue weighted by atomic mass is 9.85. The number of pyridine rings is 1. The van der Waals surface area contributed by atoms with Crippen molar-refractivity contribution in [2.24, 2.45) is 10.8 Å². The van der Waals surface area contributed by atoms with Crippen LogP contribution < -0.4 is 0 Å². The number of ketones is 2. The van der Waals surface area contributed by atoms with Crippen molar-refractivity contribution in [3.8, 4) is 5.75 Å². The van der Waals surface area contributed by atoms with Crippen LogP contribution in [0.5, 0.6) is 5.75 Å². The van der Waals surface area contributed by atoms with Gasteiger partial charge in [-0.25, -0.2) is 0 Å². The minimum atomic E-state index is -0.373. The molecule has 1 heterocycles. The lowest BCUT2D eigenvalue weighted by Gasteiger charge is -2.18. The summed E-state index contributed by atoms with van der Waals surface area (Å²) in [6.07, 6.45) is 1.74. The molecular formula is C26H31NO3. The average Bonchev–Trinajstić information content (AvgIpc) is 2.65. The Labute approximate surface area is 179 Å². The number of phenols is 1. The van der Waals surface area contributed by atoms with Gasteiger partial charge in [0, 0.05) is 33.5 Å². The van der Waals surface area contributed by atoms with Gasteiger partial charge in [-0.3, -0.25) is 14.6 Å². The fourth-order valence-corrected chi connectivity index (χ4v) is 2.95. The topological polar surface area (TPSA) is 67.3 Å². The van der Waals surface area contributed by atoms with Crippen molar-refractivity contribution in [2.75, 3.05) is 0 Å². The third-order valence-corrected chi connectivity index (χ3v) is 4.69. The normalized spacial score (nSPS) is 11.6. The molecule has 0 atom stereocenters. The van der Waals surface area contributed by atoms with Crippen LogP contribution in [0, 0.1) is 17.8 Å². The van der Waals surface area contributed by atoms with E-state index in [2.05, 4.69) is 4.98 Å². The maximum Gasteiger partial charge on any atom is 0.168 e. The summed E-state index contributed by atoms with van der Waals surface area (Å²) in [7, 11) is 0. The molecule has 0 unspecified atom stereocenters. The summed E-state index contributed by atoms with van der Waals surface area (Å²) in [5.41, 5.74) is 2.40. The van der Waals surface area contributed by atoms with Crippen molar-refractivity contribution in [1.29, 1.82) is 0 Å². The molecule has 4 nitrogen and oxygen atoms in total. The summed E-state index contributed by atoms with van der Waals surface area (Å²) in [6, 6.07) is 14.4. The van der Waals surface area contributed by atoms with Gasteiger partial charge in [0.1, 0.15) is 5.75 Å². The number of Topliss-reactive ketones (excluding diaryl/α,β-unsaturated/α-hetero) is 2. The number of nitrogens with zero attached hydrogens (tertiary/aromatic N) is 1. The van der Waals surface area contributed by atoms with Crippen LogP contribution in [0.15, 0.2) is 54.7 Å². The van der Waals surface area contributed by atoms with E-state index in [1.54, 1.807) is 24.4 Å². The minimum absolute atomic E-state index is 0.106. The number of rotatable bonds is 2. The molecule has 3 aromatic rings. The Morgan fingerprint density at radius 2 is 1.47 bits per heavy atom. The molecule has 2 aromatic carbocycles. The molecule has 0 aliphatic rings. The summed E-state index contributed by atoms with van der Waals surface area (Å²) in [5.74, 6) is 0.461. The van der Waals surface area contributed by atoms with E-state index in [9.17, 15) is 14.7 Å². The molecule has 0 bridgehead atoms. The third-order valence-electron chi connectivity index (χ3n) is 4.69. The standard InChI is InChI=1S/C14H15NO.C12H16O2/c1-14(2,3)13(16)11-7-6-10-5-4-8-15-12(10)9-11;1-8-7-9(13)5-6-10(8)11(14)12(2,3)4/h4-9H,1-3H3;5-7,13H,1-4H3. The number of aromatic nitrogens is 1. The van der Waals surface area contributed by atoms with Crippen LogP contribution in [0.2, 0.25) is 0 Å². The van der Waals surface area contributed by atoms with E-state index < -0.39 is 0 Å². The van der Waals surface area contributed by atoms with Gasteiger partial charge in [0.15, 0.2) is 11.6 Å². The van der Waals surface area contributed by atoms with Crippen molar-refractivity contribution >= 4 is 22.5 Å². The molecule has 0 amide bonds. The van der Waals surface area contributed by atoms with Gasteiger partial charge in [-0.2, -0.15) is 0 Å². The summed E-state index contributed by atoms with van der Waals surface area (Å²) in [4.78, 5) is 28.3. The number of hydrogen-bond donors (Lipinski definition) is 1. The predicted molar refractivity (Wildman–Crippen MR) is 122 cm³/mol. The molecule has 4 heteroatoms. The fraction of sp³-hybridized carbons (Fsp3) is 0.346. The van der Waals surface area contributed by atoms with E-state index in [1.807, 2.05) is 78.8 Å². The first kappa shape index (κ1) is 23.3. The zero-order valence-corrected chi connectivity index (χ0v) is 18.9. The molecule has 1 aromatic heterocycles. The first-order valence-electron chi connectivity index (χ1n) is 10.0. The summed E-state index contributed by atoms with van der Waals surface area (Å²) >= 11 is 0. The number of carbonyl (C=O) groups is 2. The quantitative estimate of drug-likeness (QED) is 0.501. The first-order valence-corrected chi connectivity index (χ1v) is 10.0. The Kier molecular flexibility index (Phi) is 6.81. The lowest BCUT2D eigenvalue weighted by Crippen LogP contribution is -2.20. The van der Waals surface area contributed by atoms with Gasteiger partial charge in [-0.15, -0.1) is 0 Å². The van der Waals surface area contributed by atoms with Gasteiger partial charge in [-0.1, -0.05) is 59.7 Å². The second-order valence-electron chi connectivity index (χ2n) is 9.57. The second kappa shape index (κ2) is 8.78. The molecular weight excluding hydrogens is 374 g/mol. The van der Waals surface area contributed by atoms with Crippen LogP contribution >= 0.6 is 0 Å². The average molecular weight is 406 g/mol. The van der Waals surface area contributed by atoms with Gasteiger partial charge < -0.3 is 5.11 Å². The van der Waals surface area contributed by atoms with Crippen LogP contribution in [-0.4, -0.2) is 21.7 Å². The molecule has 30 heavy (non-hydrogen) atoms. The number of benzene rings is 2. The van der Waals surface area contributed by atoms with Crippen LogP contribution in [0.25, 0.3) is 10.9 Å². The smallest absolute Gasteiger partial charge is 0.168 e. The summed E-state index contributed by atoms with van der Waals surface area (Å²) in [5, 5.41) is 10.3. The van der Waals surface area contributed by atoms with E-state index in [0.717, 1.165) is 22.0 Å². The highest BCUT2D eigenvalue weighted by Gasteiger charge is 2.24. The molecule has 3 rings (SSSR count). The highest BCUT2D eigenvalue weighted by Crippen LogP contribution is 2.25. The molecule has 0 aliphatic heterocycles. The predicted octanol–water partition coefficient (Wildman–Crippen LogP) is 6.39. The summed E-state index contributed by atoms with van der Waals surface area (Å²) in [6.45, 7) is 13.3. The Balaban J connectivity index is 0.000000216. The van der Waals surface area contributed by atoms with Gasteiger partial charge in [0.05, 0.1) is 5.52 Å². The van der Waals surface area contributed by atoms with E-state index in [1.165, 1.54) is 0 Å². The number of carbonyl (C=O) groups excluding carboxylic acids is 2. The molecule has 1 N–H and O–H groups in total. The van der Waals surface area contributed by atoms with Crippen molar-refractivity contribution in [3.05, 3.63) is 71.4 Å². The third kappa shape index (κ3) is 5.76. The zero-order chi connectivity index (χ0) is 22.7. The van der Waals surface area contributed by atoms with Crippen molar-refractivity contribution in [3.63, 3.8) is 0 Å². The maximum atomic E-state index is 12.1. The molecule has 0 saturated carbocycles. The fourth-order valence-electron chi connectivity index (χ4n) is 2.95. The summed E-state index contributed by atoms with van der Waals surface area (Å²) < 4.78 is 0.